The second kappa shape index (κ2) is 4.55. The first-order chi connectivity index (χ1) is 8.11. The zero-order chi connectivity index (χ0) is 12.4. The van der Waals surface area contributed by atoms with Crippen LogP contribution in [0.1, 0.15) is 12.0 Å². The van der Waals surface area contributed by atoms with E-state index in [0.29, 0.717) is 5.75 Å². The fourth-order valence-electron chi connectivity index (χ4n) is 1.75. The quantitative estimate of drug-likeness (QED) is 0.766. The number of imide groups is 1. The molecule has 1 fully saturated rings. The highest BCUT2D eigenvalue weighted by Gasteiger charge is 2.36. The van der Waals surface area contributed by atoms with Gasteiger partial charge in [0.15, 0.2) is 0 Å². The van der Waals surface area contributed by atoms with Crippen LogP contribution in [0.5, 0.6) is 5.75 Å². The monoisotopic (exact) mass is 235 g/mol. The predicted molar refractivity (Wildman–Crippen MR) is 59.2 cm³/mol. The minimum Gasteiger partial charge on any atom is -0.497 e. The second-order valence-electron chi connectivity index (χ2n) is 3.89. The molecule has 2 amide bonds. The number of methoxy groups -OCH3 is 1. The van der Waals surface area contributed by atoms with Gasteiger partial charge in [0.2, 0.25) is 5.91 Å². The Morgan fingerprint density at radius 2 is 2.00 bits per heavy atom. The Morgan fingerprint density at radius 1 is 1.35 bits per heavy atom. The second-order valence-corrected chi connectivity index (χ2v) is 3.89. The zero-order valence-corrected chi connectivity index (χ0v) is 9.42. The summed E-state index contributed by atoms with van der Waals surface area (Å²) in [6.07, 6.45) is -1.30. The summed E-state index contributed by atoms with van der Waals surface area (Å²) in [5.41, 5.74) is 0.821. The summed E-state index contributed by atoms with van der Waals surface area (Å²) in [5.74, 6) is -0.142. The van der Waals surface area contributed by atoms with E-state index in [0.717, 1.165) is 10.5 Å². The minimum atomic E-state index is -1.18. The van der Waals surface area contributed by atoms with E-state index in [1.165, 1.54) is 0 Å². The topological polar surface area (TPSA) is 66.8 Å². The molecule has 0 bridgehead atoms. The SMILES string of the molecule is COc1ccc(CN2C(=O)CC(O)C2=O)cc1. The van der Waals surface area contributed by atoms with Crippen LogP contribution in [0.25, 0.3) is 0 Å². The summed E-state index contributed by atoms with van der Waals surface area (Å²) in [6, 6.07) is 7.09. The van der Waals surface area contributed by atoms with E-state index in [1.54, 1.807) is 31.4 Å². The van der Waals surface area contributed by atoms with Gasteiger partial charge in [-0.2, -0.15) is 0 Å². The van der Waals surface area contributed by atoms with Crippen molar-refractivity contribution in [1.82, 2.24) is 4.90 Å². The first-order valence-electron chi connectivity index (χ1n) is 5.27. The lowest BCUT2D eigenvalue weighted by Crippen LogP contribution is -2.31. The van der Waals surface area contributed by atoms with Gasteiger partial charge in [-0.1, -0.05) is 12.1 Å². The Hall–Kier alpha value is -1.88. The summed E-state index contributed by atoms with van der Waals surface area (Å²) in [6.45, 7) is 0.193. The molecule has 1 aromatic rings. The van der Waals surface area contributed by atoms with E-state index in [-0.39, 0.29) is 18.9 Å². The maximum absolute atomic E-state index is 11.5. The van der Waals surface area contributed by atoms with Crippen LogP contribution in [0.3, 0.4) is 0 Å². The van der Waals surface area contributed by atoms with Crippen LogP contribution < -0.4 is 4.74 Å². The number of hydrogen-bond acceptors (Lipinski definition) is 4. The normalized spacial score (nSPS) is 19.9. The van der Waals surface area contributed by atoms with Gasteiger partial charge < -0.3 is 9.84 Å². The highest BCUT2D eigenvalue weighted by Crippen LogP contribution is 2.18. The number of aliphatic hydroxyl groups excluding tert-OH is 1. The molecule has 1 saturated heterocycles. The molecule has 1 N–H and O–H groups in total. The molecule has 0 saturated carbocycles. The van der Waals surface area contributed by atoms with Crippen molar-refractivity contribution in [3.8, 4) is 5.75 Å². The molecule has 0 radical (unpaired) electrons. The molecule has 1 unspecified atom stereocenters. The van der Waals surface area contributed by atoms with Crippen molar-refractivity contribution in [2.75, 3.05) is 7.11 Å². The Balaban J connectivity index is 2.10. The lowest BCUT2D eigenvalue weighted by atomic mass is 10.2. The van der Waals surface area contributed by atoms with E-state index in [1.807, 2.05) is 0 Å². The highest BCUT2D eigenvalue weighted by atomic mass is 16.5. The lowest BCUT2D eigenvalue weighted by Gasteiger charge is -2.14. The van der Waals surface area contributed by atoms with Crippen LogP contribution in [0.15, 0.2) is 24.3 Å². The van der Waals surface area contributed by atoms with Gasteiger partial charge in [-0.25, -0.2) is 0 Å². The molecule has 0 spiro atoms. The van der Waals surface area contributed by atoms with Gasteiger partial charge in [-0.05, 0) is 17.7 Å². The van der Waals surface area contributed by atoms with E-state index in [9.17, 15) is 14.7 Å². The Morgan fingerprint density at radius 3 is 2.47 bits per heavy atom. The van der Waals surface area contributed by atoms with Crippen molar-refractivity contribution in [1.29, 1.82) is 0 Å². The van der Waals surface area contributed by atoms with Crippen LogP contribution in [-0.2, 0) is 16.1 Å². The van der Waals surface area contributed by atoms with Gasteiger partial charge in [0.25, 0.3) is 5.91 Å². The van der Waals surface area contributed by atoms with E-state index in [2.05, 4.69) is 0 Å². The minimum absolute atomic E-state index is 0.116. The van der Waals surface area contributed by atoms with E-state index >= 15 is 0 Å². The first-order valence-corrected chi connectivity index (χ1v) is 5.27. The third kappa shape index (κ3) is 2.29. The van der Waals surface area contributed by atoms with Crippen LogP contribution in [0.2, 0.25) is 0 Å². The Kier molecular flexibility index (Phi) is 3.10. The molecule has 0 aromatic heterocycles. The van der Waals surface area contributed by atoms with E-state index < -0.39 is 12.0 Å². The van der Waals surface area contributed by atoms with Crippen molar-refractivity contribution >= 4 is 11.8 Å². The van der Waals surface area contributed by atoms with Gasteiger partial charge in [-0.15, -0.1) is 0 Å². The Bertz CT molecular complexity index is 440. The molecular formula is C12H13NO4. The third-order valence-electron chi connectivity index (χ3n) is 2.72. The average Bonchev–Trinajstić information content (AvgIpc) is 2.57. The molecule has 1 aliphatic heterocycles. The highest BCUT2D eigenvalue weighted by molar-refractivity contribution is 6.04. The molecule has 1 aromatic carbocycles. The molecular weight excluding hydrogens is 222 g/mol. The average molecular weight is 235 g/mol. The summed E-state index contributed by atoms with van der Waals surface area (Å²) < 4.78 is 5.01. The van der Waals surface area contributed by atoms with Crippen LogP contribution in [0.4, 0.5) is 0 Å². The molecule has 1 heterocycles. The molecule has 0 aliphatic carbocycles. The van der Waals surface area contributed by atoms with Crippen molar-refractivity contribution in [2.24, 2.45) is 0 Å². The van der Waals surface area contributed by atoms with E-state index in [4.69, 9.17) is 4.74 Å². The summed E-state index contributed by atoms with van der Waals surface area (Å²) in [7, 11) is 1.57. The number of ether oxygens (including phenoxy) is 1. The van der Waals surface area contributed by atoms with Gasteiger partial charge in [0.1, 0.15) is 11.9 Å². The van der Waals surface area contributed by atoms with Crippen molar-refractivity contribution < 1.29 is 19.4 Å². The van der Waals surface area contributed by atoms with Crippen molar-refractivity contribution in [3.05, 3.63) is 29.8 Å². The summed E-state index contributed by atoms with van der Waals surface area (Å²) in [4.78, 5) is 24.0. The number of carbonyl (C=O) groups is 2. The van der Waals surface area contributed by atoms with Crippen molar-refractivity contribution in [2.45, 2.75) is 19.1 Å². The number of benzene rings is 1. The molecule has 1 atom stereocenters. The molecule has 5 heteroatoms. The molecule has 17 heavy (non-hydrogen) atoms. The number of hydrogen-bond donors (Lipinski definition) is 1. The standard InChI is InChI=1S/C12H13NO4/c1-17-9-4-2-8(3-5-9)7-13-11(15)6-10(14)12(13)16/h2-5,10,14H,6-7H2,1H3. The number of aliphatic hydroxyl groups is 1. The van der Waals surface area contributed by atoms with Crippen LogP contribution >= 0.6 is 0 Å². The maximum atomic E-state index is 11.5. The third-order valence-corrected chi connectivity index (χ3v) is 2.72. The van der Waals surface area contributed by atoms with Gasteiger partial charge in [0, 0.05) is 0 Å². The summed E-state index contributed by atoms with van der Waals surface area (Å²) >= 11 is 0. The number of nitrogens with zero attached hydrogens (tertiary/aromatic N) is 1. The molecule has 1 aliphatic rings. The first kappa shape index (κ1) is 11.6. The number of amides is 2. The van der Waals surface area contributed by atoms with Gasteiger partial charge in [-0.3, -0.25) is 14.5 Å². The molecule has 2 rings (SSSR count). The predicted octanol–water partition coefficient (Wildman–Crippen LogP) is 0.315. The fraction of sp³-hybridized carbons (Fsp3) is 0.333. The fourth-order valence-corrected chi connectivity index (χ4v) is 1.75. The van der Waals surface area contributed by atoms with Gasteiger partial charge in [0.05, 0.1) is 20.1 Å². The van der Waals surface area contributed by atoms with Crippen LogP contribution in [-0.4, -0.2) is 35.0 Å². The number of carbonyl (C=O) groups excluding carboxylic acids is 2. The van der Waals surface area contributed by atoms with Gasteiger partial charge >= 0.3 is 0 Å². The number of likely N-dealkylation sites (tertiary alicyclic amines) is 1. The zero-order valence-electron chi connectivity index (χ0n) is 9.42. The molecule has 90 valence electrons. The van der Waals surface area contributed by atoms with Crippen LogP contribution in [0, 0.1) is 0 Å². The van der Waals surface area contributed by atoms with Crippen molar-refractivity contribution in [3.63, 3.8) is 0 Å². The molecule has 5 nitrogen and oxygen atoms in total. The Labute approximate surface area is 98.6 Å². The maximum Gasteiger partial charge on any atom is 0.258 e. The largest absolute Gasteiger partial charge is 0.497 e. The summed E-state index contributed by atoms with van der Waals surface area (Å²) in [5, 5.41) is 9.27. The smallest absolute Gasteiger partial charge is 0.258 e. The number of rotatable bonds is 3. The lowest BCUT2D eigenvalue weighted by molar-refractivity contribution is -0.141.